The number of imide groups is 1. The summed E-state index contributed by atoms with van der Waals surface area (Å²) >= 11 is 0. The number of para-hydroxylation sites is 1. The number of halogens is 1. The molecule has 5 nitrogen and oxygen atoms in total. The number of amides is 2. The first-order chi connectivity index (χ1) is 10.6. The van der Waals surface area contributed by atoms with E-state index < -0.39 is 0 Å². The zero-order valence-electron chi connectivity index (χ0n) is 12.2. The van der Waals surface area contributed by atoms with Crippen LogP contribution in [-0.4, -0.2) is 34.8 Å². The van der Waals surface area contributed by atoms with E-state index in [1.54, 1.807) is 19.1 Å². The van der Waals surface area contributed by atoms with Crippen LogP contribution in [0.1, 0.15) is 18.5 Å². The predicted molar refractivity (Wildman–Crippen MR) is 80.9 cm³/mol. The van der Waals surface area contributed by atoms with Gasteiger partial charge in [0, 0.05) is 42.7 Å². The Morgan fingerprint density at radius 1 is 1.27 bits per heavy atom. The lowest BCUT2D eigenvalue weighted by molar-refractivity contribution is -0.138. The van der Waals surface area contributed by atoms with Gasteiger partial charge < -0.3 is 5.32 Å². The molecule has 1 aromatic carbocycles. The molecule has 1 aliphatic heterocycles. The molecule has 1 aromatic heterocycles. The number of fused-ring (bicyclic) bond motifs is 1. The Hall–Kier alpha value is -2.50. The van der Waals surface area contributed by atoms with Crippen molar-refractivity contribution in [1.29, 1.82) is 0 Å². The zero-order chi connectivity index (χ0) is 15.7. The van der Waals surface area contributed by atoms with Gasteiger partial charge in [0.25, 0.3) is 0 Å². The predicted octanol–water partition coefficient (Wildman–Crippen LogP) is 2.24. The summed E-state index contributed by atoms with van der Waals surface area (Å²) in [5, 5.41) is 3.86. The van der Waals surface area contributed by atoms with Crippen molar-refractivity contribution >= 4 is 28.4 Å². The number of nitrogens with zero attached hydrogens (tertiary/aromatic N) is 2. The van der Waals surface area contributed by atoms with E-state index in [1.807, 2.05) is 6.07 Å². The highest BCUT2D eigenvalue weighted by Gasteiger charge is 2.28. The van der Waals surface area contributed by atoms with Crippen LogP contribution in [0.2, 0.25) is 0 Å². The Balaban J connectivity index is 1.78. The molecule has 2 heterocycles. The quantitative estimate of drug-likeness (QED) is 0.880. The third-order valence-corrected chi connectivity index (χ3v) is 3.72. The Labute approximate surface area is 127 Å². The summed E-state index contributed by atoms with van der Waals surface area (Å²) in [6.07, 6.45) is 0.586. The number of anilines is 1. The van der Waals surface area contributed by atoms with Gasteiger partial charge in [-0.3, -0.25) is 14.5 Å². The van der Waals surface area contributed by atoms with Gasteiger partial charge in [-0.15, -0.1) is 0 Å². The zero-order valence-corrected chi connectivity index (χ0v) is 12.2. The van der Waals surface area contributed by atoms with Gasteiger partial charge >= 0.3 is 0 Å². The maximum atomic E-state index is 13.8. The minimum absolute atomic E-state index is 0.131. The summed E-state index contributed by atoms with van der Waals surface area (Å²) in [6, 6.07) is 6.63. The molecule has 0 spiro atoms. The molecule has 6 heteroatoms. The lowest BCUT2D eigenvalue weighted by atomic mass is 10.1. The van der Waals surface area contributed by atoms with E-state index in [2.05, 4.69) is 10.3 Å². The van der Waals surface area contributed by atoms with E-state index in [1.165, 1.54) is 11.0 Å². The second-order valence-electron chi connectivity index (χ2n) is 5.31. The third-order valence-electron chi connectivity index (χ3n) is 3.72. The molecule has 0 saturated carbocycles. The van der Waals surface area contributed by atoms with E-state index in [9.17, 15) is 14.0 Å². The van der Waals surface area contributed by atoms with Crippen LogP contribution in [0.3, 0.4) is 0 Å². The molecular weight excluding hydrogens is 285 g/mol. The highest BCUT2D eigenvalue weighted by molar-refractivity contribution is 6.02. The monoisotopic (exact) mass is 301 g/mol. The highest BCUT2D eigenvalue weighted by Crippen LogP contribution is 2.25. The molecule has 2 amide bonds. The fourth-order valence-electron chi connectivity index (χ4n) is 2.66. The van der Waals surface area contributed by atoms with Gasteiger partial charge in [0.15, 0.2) is 0 Å². The molecule has 1 saturated heterocycles. The average Bonchev–Trinajstić information content (AvgIpc) is 2.80. The molecule has 114 valence electrons. The van der Waals surface area contributed by atoms with E-state index >= 15 is 0 Å². The molecule has 0 atom stereocenters. The maximum Gasteiger partial charge on any atom is 0.229 e. The van der Waals surface area contributed by atoms with Gasteiger partial charge in [-0.1, -0.05) is 12.1 Å². The summed E-state index contributed by atoms with van der Waals surface area (Å²) in [6.45, 7) is 2.53. The van der Waals surface area contributed by atoms with Crippen LogP contribution in [0, 0.1) is 12.7 Å². The summed E-state index contributed by atoms with van der Waals surface area (Å²) in [5.74, 6) is -0.628. The number of benzene rings is 1. The van der Waals surface area contributed by atoms with Crippen molar-refractivity contribution in [3.8, 4) is 0 Å². The third kappa shape index (κ3) is 2.64. The Bertz CT molecular complexity index is 744. The molecule has 0 unspecified atom stereocenters. The normalized spacial score (nSPS) is 14.9. The molecule has 0 bridgehead atoms. The Morgan fingerprint density at radius 2 is 2.00 bits per heavy atom. The molecule has 0 aliphatic carbocycles. The number of aromatic nitrogens is 1. The highest BCUT2D eigenvalue weighted by atomic mass is 19.1. The number of carbonyl (C=O) groups is 2. The smallest absolute Gasteiger partial charge is 0.229 e. The first-order valence-electron chi connectivity index (χ1n) is 7.19. The largest absolute Gasteiger partial charge is 0.383 e. The summed E-state index contributed by atoms with van der Waals surface area (Å²) < 4.78 is 13.8. The van der Waals surface area contributed by atoms with Crippen LogP contribution in [0.5, 0.6) is 0 Å². The Morgan fingerprint density at radius 3 is 2.73 bits per heavy atom. The molecular formula is C16H16FN3O2. The summed E-state index contributed by atoms with van der Waals surface area (Å²) in [7, 11) is 0. The van der Waals surface area contributed by atoms with Gasteiger partial charge in [-0.2, -0.15) is 0 Å². The first kappa shape index (κ1) is 14.4. The maximum absolute atomic E-state index is 13.8. The molecule has 22 heavy (non-hydrogen) atoms. The van der Waals surface area contributed by atoms with E-state index in [0.29, 0.717) is 42.5 Å². The number of hydrogen-bond donors (Lipinski definition) is 1. The van der Waals surface area contributed by atoms with Crippen molar-refractivity contribution in [1.82, 2.24) is 9.88 Å². The first-order valence-corrected chi connectivity index (χ1v) is 7.19. The number of hydrogen-bond acceptors (Lipinski definition) is 4. The molecule has 1 aliphatic rings. The SMILES string of the molecule is Cc1cc(NCCN2C(=O)CCC2=O)c2cccc(F)c2n1. The molecule has 1 N–H and O–H groups in total. The number of likely N-dealkylation sites (tertiary alicyclic amines) is 1. The minimum atomic E-state index is -0.367. The van der Waals surface area contributed by atoms with Gasteiger partial charge in [-0.05, 0) is 19.1 Å². The van der Waals surface area contributed by atoms with Crippen molar-refractivity contribution in [3.05, 3.63) is 35.8 Å². The molecule has 1 fully saturated rings. The second kappa shape index (κ2) is 5.71. The standard InChI is InChI=1S/C16H16FN3O2/c1-10-9-13(11-3-2-4-12(17)16(11)19-10)18-7-8-20-14(21)5-6-15(20)22/h2-4,9H,5-8H2,1H3,(H,18,19). The number of rotatable bonds is 4. The van der Waals surface area contributed by atoms with Gasteiger partial charge in [0.1, 0.15) is 11.3 Å². The van der Waals surface area contributed by atoms with Crippen LogP contribution < -0.4 is 5.32 Å². The molecule has 0 radical (unpaired) electrons. The molecule has 2 aromatic rings. The fourth-order valence-corrected chi connectivity index (χ4v) is 2.66. The van der Waals surface area contributed by atoms with Crippen LogP contribution >= 0.6 is 0 Å². The number of nitrogens with one attached hydrogen (secondary N) is 1. The van der Waals surface area contributed by atoms with Crippen molar-refractivity contribution in [2.45, 2.75) is 19.8 Å². The van der Waals surface area contributed by atoms with Gasteiger partial charge in [0.2, 0.25) is 11.8 Å². The topological polar surface area (TPSA) is 62.3 Å². The number of pyridine rings is 1. The van der Waals surface area contributed by atoms with E-state index in [0.717, 1.165) is 5.69 Å². The lowest BCUT2D eigenvalue weighted by Crippen LogP contribution is -2.33. The molecule has 3 rings (SSSR count). The van der Waals surface area contributed by atoms with E-state index in [-0.39, 0.29) is 17.6 Å². The van der Waals surface area contributed by atoms with Crippen LogP contribution in [0.15, 0.2) is 24.3 Å². The van der Waals surface area contributed by atoms with E-state index in [4.69, 9.17) is 0 Å². The van der Waals surface area contributed by atoms with Crippen LogP contribution in [0.25, 0.3) is 10.9 Å². The van der Waals surface area contributed by atoms with Crippen LogP contribution in [0.4, 0.5) is 10.1 Å². The fraction of sp³-hybridized carbons (Fsp3) is 0.312. The van der Waals surface area contributed by atoms with Crippen molar-refractivity contribution in [2.75, 3.05) is 18.4 Å². The second-order valence-corrected chi connectivity index (χ2v) is 5.31. The number of aryl methyl sites for hydroxylation is 1. The summed E-state index contributed by atoms with van der Waals surface area (Å²) in [5.41, 5.74) is 1.77. The van der Waals surface area contributed by atoms with Crippen molar-refractivity contribution in [3.63, 3.8) is 0 Å². The summed E-state index contributed by atoms with van der Waals surface area (Å²) in [4.78, 5) is 28.6. The van der Waals surface area contributed by atoms with Gasteiger partial charge in [-0.25, -0.2) is 9.37 Å². The lowest BCUT2D eigenvalue weighted by Gasteiger charge is -2.16. The van der Waals surface area contributed by atoms with Crippen LogP contribution in [-0.2, 0) is 9.59 Å². The minimum Gasteiger partial charge on any atom is -0.383 e. The average molecular weight is 301 g/mol. The van der Waals surface area contributed by atoms with Gasteiger partial charge in [0.05, 0.1) is 0 Å². The Kier molecular flexibility index (Phi) is 3.75. The van der Waals surface area contributed by atoms with Crippen molar-refractivity contribution in [2.24, 2.45) is 0 Å². The number of carbonyl (C=O) groups excluding carboxylic acids is 2. The van der Waals surface area contributed by atoms with Crippen molar-refractivity contribution < 1.29 is 14.0 Å².